The number of halogens is 1. The zero-order valence-electron chi connectivity index (χ0n) is 7.81. The van der Waals surface area contributed by atoms with E-state index in [1.807, 2.05) is 6.07 Å². The molecule has 1 aromatic carbocycles. The lowest BCUT2D eigenvalue weighted by Crippen LogP contribution is -2.21. The second-order valence-corrected chi connectivity index (χ2v) is 2.79. The van der Waals surface area contributed by atoms with E-state index in [2.05, 4.69) is 17.6 Å². The molecule has 0 radical (unpaired) electrons. The summed E-state index contributed by atoms with van der Waals surface area (Å²) in [6.45, 7) is 4.73. The van der Waals surface area contributed by atoms with Crippen LogP contribution in [0.2, 0.25) is 0 Å². The van der Waals surface area contributed by atoms with Gasteiger partial charge < -0.3 is 10.6 Å². The summed E-state index contributed by atoms with van der Waals surface area (Å²) in [5, 5.41) is 6.29. The summed E-state index contributed by atoms with van der Waals surface area (Å²) in [4.78, 5) is 0. The molecule has 2 nitrogen and oxygen atoms in total. The van der Waals surface area contributed by atoms with Crippen molar-refractivity contribution in [1.29, 1.82) is 0 Å². The minimum Gasteiger partial charge on any atom is -0.384 e. The van der Waals surface area contributed by atoms with E-state index in [-0.39, 0.29) is 5.82 Å². The van der Waals surface area contributed by atoms with Crippen LogP contribution in [0.1, 0.15) is 6.92 Å². The molecule has 0 heterocycles. The fraction of sp³-hybridized carbons (Fsp3) is 0.400. The third-order valence-electron chi connectivity index (χ3n) is 1.71. The van der Waals surface area contributed by atoms with E-state index >= 15 is 0 Å². The van der Waals surface area contributed by atoms with Gasteiger partial charge in [-0.05, 0) is 24.7 Å². The van der Waals surface area contributed by atoms with Crippen LogP contribution in [0.15, 0.2) is 24.3 Å². The SMILES string of the molecule is CCNCCNc1cccc(F)c1. The van der Waals surface area contributed by atoms with E-state index in [1.54, 1.807) is 6.07 Å². The highest BCUT2D eigenvalue weighted by Crippen LogP contribution is 2.07. The molecule has 0 aromatic heterocycles. The maximum Gasteiger partial charge on any atom is 0.125 e. The van der Waals surface area contributed by atoms with Crippen LogP contribution in [0.4, 0.5) is 10.1 Å². The summed E-state index contributed by atoms with van der Waals surface area (Å²) >= 11 is 0. The van der Waals surface area contributed by atoms with Gasteiger partial charge in [0.2, 0.25) is 0 Å². The standard InChI is InChI=1S/C10H15FN2/c1-2-12-6-7-13-10-5-3-4-9(11)8-10/h3-5,8,12-13H,2,6-7H2,1H3. The molecule has 0 fully saturated rings. The van der Waals surface area contributed by atoms with Gasteiger partial charge in [-0.1, -0.05) is 13.0 Å². The van der Waals surface area contributed by atoms with Gasteiger partial charge in [-0.15, -0.1) is 0 Å². The van der Waals surface area contributed by atoms with Crippen molar-refractivity contribution in [1.82, 2.24) is 5.32 Å². The van der Waals surface area contributed by atoms with Crippen molar-refractivity contribution in [3.63, 3.8) is 0 Å². The molecule has 0 unspecified atom stereocenters. The Morgan fingerprint density at radius 3 is 2.85 bits per heavy atom. The van der Waals surface area contributed by atoms with Gasteiger partial charge in [-0.2, -0.15) is 0 Å². The van der Waals surface area contributed by atoms with Crippen LogP contribution in [-0.4, -0.2) is 19.6 Å². The van der Waals surface area contributed by atoms with Gasteiger partial charge in [0.05, 0.1) is 0 Å². The Kier molecular flexibility index (Phi) is 4.26. The third-order valence-corrected chi connectivity index (χ3v) is 1.71. The average molecular weight is 182 g/mol. The van der Waals surface area contributed by atoms with Gasteiger partial charge in [0.1, 0.15) is 5.82 Å². The van der Waals surface area contributed by atoms with Crippen LogP contribution >= 0.6 is 0 Å². The third kappa shape index (κ3) is 3.90. The van der Waals surface area contributed by atoms with Crippen molar-refractivity contribution in [2.75, 3.05) is 25.0 Å². The molecule has 2 N–H and O–H groups in total. The number of likely N-dealkylation sites (N-methyl/N-ethyl adjacent to an activating group) is 1. The number of hydrogen-bond donors (Lipinski definition) is 2. The summed E-state index contributed by atoms with van der Waals surface area (Å²) in [6, 6.07) is 6.49. The number of nitrogens with one attached hydrogen (secondary N) is 2. The lowest BCUT2D eigenvalue weighted by molar-refractivity contribution is 0.628. The predicted molar refractivity (Wildman–Crippen MR) is 53.4 cm³/mol. The highest BCUT2D eigenvalue weighted by atomic mass is 19.1. The van der Waals surface area contributed by atoms with Crippen molar-refractivity contribution < 1.29 is 4.39 Å². The monoisotopic (exact) mass is 182 g/mol. The second-order valence-electron chi connectivity index (χ2n) is 2.79. The fourth-order valence-corrected chi connectivity index (χ4v) is 1.07. The summed E-state index contributed by atoms with van der Waals surface area (Å²) in [5.74, 6) is -0.201. The molecular formula is C10H15FN2. The molecule has 0 amide bonds. The first-order chi connectivity index (χ1) is 6.33. The Morgan fingerprint density at radius 1 is 1.31 bits per heavy atom. The van der Waals surface area contributed by atoms with E-state index in [0.717, 1.165) is 25.3 Å². The first-order valence-corrected chi connectivity index (χ1v) is 4.53. The van der Waals surface area contributed by atoms with E-state index < -0.39 is 0 Å². The van der Waals surface area contributed by atoms with Crippen LogP contribution in [-0.2, 0) is 0 Å². The van der Waals surface area contributed by atoms with Crippen LogP contribution in [0.3, 0.4) is 0 Å². The Morgan fingerprint density at radius 2 is 2.15 bits per heavy atom. The minimum atomic E-state index is -0.201. The van der Waals surface area contributed by atoms with E-state index in [9.17, 15) is 4.39 Å². The van der Waals surface area contributed by atoms with Crippen molar-refractivity contribution >= 4 is 5.69 Å². The summed E-state index contributed by atoms with van der Waals surface area (Å²) < 4.78 is 12.7. The van der Waals surface area contributed by atoms with Gasteiger partial charge in [-0.3, -0.25) is 0 Å². The maximum atomic E-state index is 12.7. The fourth-order valence-electron chi connectivity index (χ4n) is 1.07. The smallest absolute Gasteiger partial charge is 0.125 e. The molecule has 0 saturated heterocycles. The normalized spacial score (nSPS) is 10.0. The Hall–Kier alpha value is -1.09. The Labute approximate surface area is 78.2 Å². The van der Waals surface area contributed by atoms with E-state index in [4.69, 9.17) is 0 Å². The number of hydrogen-bond acceptors (Lipinski definition) is 2. The van der Waals surface area contributed by atoms with Crippen molar-refractivity contribution in [2.45, 2.75) is 6.92 Å². The topological polar surface area (TPSA) is 24.1 Å². The molecule has 0 saturated carbocycles. The van der Waals surface area contributed by atoms with E-state index in [0.29, 0.717) is 0 Å². The number of rotatable bonds is 5. The van der Waals surface area contributed by atoms with Gasteiger partial charge in [0, 0.05) is 18.8 Å². The van der Waals surface area contributed by atoms with E-state index in [1.165, 1.54) is 12.1 Å². The molecule has 3 heteroatoms. The van der Waals surface area contributed by atoms with Crippen LogP contribution in [0.5, 0.6) is 0 Å². The molecule has 1 rings (SSSR count). The molecule has 0 aliphatic carbocycles. The number of anilines is 1. The Balaban J connectivity index is 2.28. The highest BCUT2D eigenvalue weighted by Gasteiger charge is 1.92. The zero-order valence-corrected chi connectivity index (χ0v) is 7.81. The quantitative estimate of drug-likeness (QED) is 0.679. The second kappa shape index (κ2) is 5.54. The maximum absolute atomic E-state index is 12.7. The minimum absolute atomic E-state index is 0.201. The van der Waals surface area contributed by atoms with Gasteiger partial charge >= 0.3 is 0 Å². The van der Waals surface area contributed by atoms with Crippen molar-refractivity contribution in [3.05, 3.63) is 30.1 Å². The van der Waals surface area contributed by atoms with Crippen LogP contribution in [0.25, 0.3) is 0 Å². The highest BCUT2D eigenvalue weighted by molar-refractivity contribution is 5.42. The summed E-state index contributed by atoms with van der Waals surface area (Å²) in [7, 11) is 0. The largest absolute Gasteiger partial charge is 0.384 e. The predicted octanol–water partition coefficient (Wildman–Crippen LogP) is 1.85. The summed E-state index contributed by atoms with van der Waals surface area (Å²) in [5.41, 5.74) is 0.831. The Bertz CT molecular complexity index is 250. The molecule has 0 atom stereocenters. The van der Waals surface area contributed by atoms with Crippen LogP contribution < -0.4 is 10.6 Å². The van der Waals surface area contributed by atoms with Crippen molar-refractivity contribution in [2.24, 2.45) is 0 Å². The molecule has 1 aromatic rings. The molecule has 13 heavy (non-hydrogen) atoms. The molecular weight excluding hydrogens is 167 g/mol. The number of benzene rings is 1. The van der Waals surface area contributed by atoms with Crippen LogP contribution in [0, 0.1) is 5.82 Å². The summed E-state index contributed by atoms with van der Waals surface area (Å²) in [6.07, 6.45) is 0. The van der Waals surface area contributed by atoms with Gasteiger partial charge in [0.15, 0.2) is 0 Å². The zero-order chi connectivity index (χ0) is 9.52. The van der Waals surface area contributed by atoms with Gasteiger partial charge in [-0.25, -0.2) is 4.39 Å². The lowest BCUT2D eigenvalue weighted by atomic mass is 10.3. The first kappa shape index (κ1) is 9.99. The van der Waals surface area contributed by atoms with Crippen molar-refractivity contribution in [3.8, 4) is 0 Å². The molecule has 0 spiro atoms. The first-order valence-electron chi connectivity index (χ1n) is 4.53. The molecule has 0 bridgehead atoms. The lowest BCUT2D eigenvalue weighted by Gasteiger charge is -2.05. The molecule has 72 valence electrons. The molecule has 0 aliphatic heterocycles. The molecule has 0 aliphatic rings. The average Bonchev–Trinajstić information content (AvgIpc) is 2.13. The van der Waals surface area contributed by atoms with Gasteiger partial charge in [0.25, 0.3) is 0 Å².